The molecule has 2 fully saturated rings. The van der Waals surface area contributed by atoms with Crippen molar-refractivity contribution < 1.29 is 19.4 Å². The Morgan fingerprint density at radius 2 is 1.95 bits per heavy atom. The Hall–Kier alpha value is -1.75. The van der Waals surface area contributed by atoms with E-state index in [0.29, 0.717) is 30.2 Å². The monoisotopic (exact) mass is 305 g/mol. The standard InChI is InChI=1S/C17H23NO4/c1-21-13-5-3-4-12(15(13)22-2)16(20)18-10-8-17(9-11-18)7-6-14(17)19/h3-5,14,19H,6-11H2,1-2H3. The largest absolute Gasteiger partial charge is 0.493 e. The molecule has 1 spiro atoms. The van der Waals surface area contributed by atoms with E-state index in [-0.39, 0.29) is 17.4 Å². The summed E-state index contributed by atoms with van der Waals surface area (Å²) >= 11 is 0. The Morgan fingerprint density at radius 3 is 2.45 bits per heavy atom. The number of amides is 1. The van der Waals surface area contributed by atoms with Crippen LogP contribution in [0.25, 0.3) is 0 Å². The highest BCUT2D eigenvalue weighted by molar-refractivity contribution is 5.97. The van der Waals surface area contributed by atoms with Crippen molar-refractivity contribution in [3.8, 4) is 11.5 Å². The molecule has 2 aliphatic rings. The summed E-state index contributed by atoms with van der Waals surface area (Å²) in [6, 6.07) is 5.35. The number of methoxy groups -OCH3 is 2. The van der Waals surface area contributed by atoms with Crippen molar-refractivity contribution >= 4 is 5.91 Å². The average molecular weight is 305 g/mol. The van der Waals surface area contributed by atoms with E-state index in [1.54, 1.807) is 32.4 Å². The van der Waals surface area contributed by atoms with Crippen LogP contribution in [0, 0.1) is 5.41 Å². The third kappa shape index (κ3) is 2.33. The highest BCUT2D eigenvalue weighted by Gasteiger charge is 2.48. The number of hydrogen-bond donors (Lipinski definition) is 1. The van der Waals surface area contributed by atoms with Crippen LogP contribution in [-0.4, -0.2) is 49.3 Å². The molecule has 5 heteroatoms. The van der Waals surface area contributed by atoms with Gasteiger partial charge < -0.3 is 19.5 Å². The van der Waals surface area contributed by atoms with Crippen LogP contribution >= 0.6 is 0 Å². The zero-order valence-electron chi connectivity index (χ0n) is 13.2. The lowest BCUT2D eigenvalue weighted by atomic mass is 9.61. The van der Waals surface area contributed by atoms with Crippen molar-refractivity contribution in [2.75, 3.05) is 27.3 Å². The number of aliphatic hydroxyl groups is 1. The zero-order chi connectivity index (χ0) is 15.7. The molecule has 1 aromatic rings. The molecular weight excluding hydrogens is 282 g/mol. The molecule has 1 aromatic carbocycles. The van der Waals surface area contributed by atoms with E-state index in [9.17, 15) is 9.90 Å². The van der Waals surface area contributed by atoms with Crippen LogP contribution in [0.1, 0.15) is 36.0 Å². The smallest absolute Gasteiger partial charge is 0.257 e. The van der Waals surface area contributed by atoms with Crippen molar-refractivity contribution in [2.45, 2.75) is 31.8 Å². The number of rotatable bonds is 3. The summed E-state index contributed by atoms with van der Waals surface area (Å²) < 4.78 is 10.6. The maximum atomic E-state index is 12.8. The molecule has 3 rings (SSSR count). The fourth-order valence-electron chi connectivity index (χ4n) is 3.65. The molecule has 1 saturated carbocycles. The number of nitrogens with zero attached hydrogens (tertiary/aromatic N) is 1. The Kier molecular flexibility index (Phi) is 4.00. The van der Waals surface area contributed by atoms with Gasteiger partial charge in [-0.05, 0) is 43.2 Å². The van der Waals surface area contributed by atoms with Crippen LogP contribution in [0.2, 0.25) is 0 Å². The molecule has 1 aliphatic carbocycles. The molecule has 0 radical (unpaired) electrons. The van der Waals surface area contributed by atoms with E-state index in [1.807, 2.05) is 4.90 Å². The molecular formula is C17H23NO4. The maximum Gasteiger partial charge on any atom is 0.257 e. The quantitative estimate of drug-likeness (QED) is 0.929. The molecule has 1 saturated heterocycles. The number of carbonyl (C=O) groups excluding carboxylic acids is 1. The second kappa shape index (κ2) is 5.80. The fraction of sp³-hybridized carbons (Fsp3) is 0.588. The van der Waals surface area contributed by atoms with E-state index >= 15 is 0 Å². The molecule has 1 atom stereocenters. The number of piperidine rings is 1. The van der Waals surface area contributed by atoms with Gasteiger partial charge in [-0.3, -0.25) is 4.79 Å². The van der Waals surface area contributed by atoms with Gasteiger partial charge in [-0.1, -0.05) is 6.07 Å². The number of benzene rings is 1. The first-order valence-corrected chi connectivity index (χ1v) is 7.79. The van der Waals surface area contributed by atoms with Gasteiger partial charge in [0.15, 0.2) is 11.5 Å². The summed E-state index contributed by atoms with van der Waals surface area (Å²) in [5.74, 6) is 1.02. The van der Waals surface area contributed by atoms with E-state index < -0.39 is 0 Å². The van der Waals surface area contributed by atoms with Crippen LogP contribution < -0.4 is 9.47 Å². The maximum absolute atomic E-state index is 12.8. The van der Waals surface area contributed by atoms with E-state index in [4.69, 9.17) is 9.47 Å². The molecule has 1 unspecified atom stereocenters. The first-order chi connectivity index (χ1) is 10.6. The molecule has 5 nitrogen and oxygen atoms in total. The van der Waals surface area contributed by atoms with Crippen LogP contribution in [0.4, 0.5) is 0 Å². The lowest BCUT2D eigenvalue weighted by molar-refractivity contribution is -0.0952. The van der Waals surface area contributed by atoms with Gasteiger partial charge in [-0.15, -0.1) is 0 Å². The van der Waals surface area contributed by atoms with E-state index in [0.717, 1.165) is 25.7 Å². The molecule has 1 N–H and O–H groups in total. The molecule has 0 aromatic heterocycles. The molecule has 22 heavy (non-hydrogen) atoms. The van der Waals surface area contributed by atoms with Gasteiger partial charge in [0.1, 0.15) is 0 Å². The topological polar surface area (TPSA) is 59.0 Å². The van der Waals surface area contributed by atoms with Crippen molar-refractivity contribution in [3.63, 3.8) is 0 Å². The van der Waals surface area contributed by atoms with Gasteiger partial charge in [0.2, 0.25) is 0 Å². The van der Waals surface area contributed by atoms with Gasteiger partial charge in [-0.25, -0.2) is 0 Å². The Bertz CT molecular complexity index is 564. The Balaban J connectivity index is 1.75. The van der Waals surface area contributed by atoms with Gasteiger partial charge >= 0.3 is 0 Å². The van der Waals surface area contributed by atoms with E-state index in [1.165, 1.54) is 0 Å². The predicted octanol–water partition coefficient (Wildman–Crippen LogP) is 2.08. The summed E-state index contributed by atoms with van der Waals surface area (Å²) in [5.41, 5.74) is 0.599. The summed E-state index contributed by atoms with van der Waals surface area (Å²) in [6.45, 7) is 1.38. The lowest BCUT2D eigenvalue weighted by Gasteiger charge is -2.51. The minimum absolute atomic E-state index is 0.0283. The van der Waals surface area contributed by atoms with Crippen LogP contribution in [0.5, 0.6) is 11.5 Å². The predicted molar refractivity (Wildman–Crippen MR) is 82.4 cm³/mol. The lowest BCUT2D eigenvalue weighted by Crippen LogP contribution is -2.53. The Morgan fingerprint density at radius 1 is 1.23 bits per heavy atom. The van der Waals surface area contributed by atoms with Crippen molar-refractivity contribution in [1.29, 1.82) is 0 Å². The summed E-state index contributed by atoms with van der Waals surface area (Å²) in [4.78, 5) is 14.6. The van der Waals surface area contributed by atoms with Gasteiger partial charge in [0, 0.05) is 13.1 Å². The second-order valence-corrected chi connectivity index (χ2v) is 6.25. The number of carbonyl (C=O) groups is 1. The van der Waals surface area contributed by atoms with Crippen LogP contribution in [-0.2, 0) is 0 Å². The summed E-state index contributed by atoms with van der Waals surface area (Å²) in [7, 11) is 3.11. The SMILES string of the molecule is COc1cccc(C(=O)N2CCC3(CCC3O)CC2)c1OC. The number of para-hydroxylation sites is 1. The Labute approximate surface area is 130 Å². The molecule has 1 aliphatic heterocycles. The second-order valence-electron chi connectivity index (χ2n) is 6.25. The zero-order valence-corrected chi connectivity index (χ0v) is 13.2. The first kappa shape index (κ1) is 15.2. The minimum Gasteiger partial charge on any atom is -0.493 e. The third-order valence-corrected chi connectivity index (χ3v) is 5.30. The summed E-state index contributed by atoms with van der Waals surface area (Å²) in [5, 5.41) is 9.98. The van der Waals surface area contributed by atoms with Gasteiger partial charge in [-0.2, -0.15) is 0 Å². The fourth-order valence-corrected chi connectivity index (χ4v) is 3.65. The first-order valence-electron chi connectivity index (χ1n) is 7.79. The van der Waals surface area contributed by atoms with E-state index in [2.05, 4.69) is 0 Å². The highest BCUT2D eigenvalue weighted by Crippen LogP contribution is 2.49. The van der Waals surface area contributed by atoms with Crippen molar-refractivity contribution in [1.82, 2.24) is 4.90 Å². The average Bonchev–Trinajstić information content (AvgIpc) is 2.58. The number of aliphatic hydroxyl groups excluding tert-OH is 1. The minimum atomic E-state index is -0.184. The molecule has 120 valence electrons. The molecule has 0 bridgehead atoms. The highest BCUT2D eigenvalue weighted by atomic mass is 16.5. The van der Waals surface area contributed by atoms with Gasteiger partial charge in [0.25, 0.3) is 5.91 Å². The van der Waals surface area contributed by atoms with Crippen molar-refractivity contribution in [2.24, 2.45) is 5.41 Å². The van der Waals surface area contributed by atoms with Crippen LogP contribution in [0.15, 0.2) is 18.2 Å². The number of likely N-dealkylation sites (tertiary alicyclic amines) is 1. The normalized spacial score (nSPS) is 23.0. The van der Waals surface area contributed by atoms with Crippen molar-refractivity contribution in [3.05, 3.63) is 23.8 Å². The molecule has 1 amide bonds. The number of ether oxygens (including phenoxy) is 2. The van der Waals surface area contributed by atoms with Crippen LogP contribution in [0.3, 0.4) is 0 Å². The molecule has 1 heterocycles. The summed E-state index contributed by atoms with van der Waals surface area (Å²) in [6.07, 6.45) is 3.56. The number of hydrogen-bond acceptors (Lipinski definition) is 4. The third-order valence-electron chi connectivity index (χ3n) is 5.30. The van der Waals surface area contributed by atoms with Gasteiger partial charge in [0.05, 0.1) is 25.9 Å².